The number of aryl methyl sites for hydroxylation is 1. The number of aliphatic hydroxyl groups is 1. The van der Waals surface area contributed by atoms with Gasteiger partial charge in [0.1, 0.15) is 24.3 Å². The maximum Gasteiger partial charge on any atom is 0.137 e. The molecule has 0 aromatic heterocycles. The van der Waals surface area contributed by atoms with Crippen molar-refractivity contribution >= 4 is 21.6 Å². The van der Waals surface area contributed by atoms with Crippen molar-refractivity contribution in [3.05, 3.63) is 58.3 Å². The second-order valence-corrected chi connectivity index (χ2v) is 5.59. The van der Waals surface area contributed by atoms with Gasteiger partial charge < -0.3 is 15.2 Å². The van der Waals surface area contributed by atoms with Crippen LogP contribution >= 0.6 is 15.9 Å². The molecule has 1 atom stereocenters. The zero-order chi connectivity index (χ0) is 15.2. The normalized spacial score (nSPS) is 12.0. The van der Waals surface area contributed by atoms with Crippen LogP contribution in [0.2, 0.25) is 0 Å². The van der Waals surface area contributed by atoms with Crippen LogP contribution in [-0.4, -0.2) is 24.4 Å². The molecule has 112 valence electrons. The summed E-state index contributed by atoms with van der Waals surface area (Å²) in [4.78, 5) is 0. The number of anilines is 1. The largest absolute Gasteiger partial charge is 0.491 e. The van der Waals surface area contributed by atoms with E-state index >= 15 is 0 Å². The van der Waals surface area contributed by atoms with Crippen molar-refractivity contribution in [2.24, 2.45) is 0 Å². The maximum absolute atomic E-state index is 13.3. The highest BCUT2D eigenvalue weighted by Gasteiger charge is 2.08. The third-order valence-corrected chi connectivity index (χ3v) is 3.59. The number of nitrogens with one attached hydrogen (secondary N) is 1. The third-order valence-electron chi connectivity index (χ3n) is 2.98. The van der Waals surface area contributed by atoms with E-state index in [9.17, 15) is 9.50 Å². The van der Waals surface area contributed by atoms with Gasteiger partial charge in [-0.15, -0.1) is 0 Å². The van der Waals surface area contributed by atoms with E-state index in [0.29, 0.717) is 11.0 Å². The summed E-state index contributed by atoms with van der Waals surface area (Å²) in [5.41, 5.74) is 1.56. The van der Waals surface area contributed by atoms with Gasteiger partial charge >= 0.3 is 0 Å². The smallest absolute Gasteiger partial charge is 0.137 e. The van der Waals surface area contributed by atoms with Crippen LogP contribution in [0.15, 0.2) is 46.9 Å². The molecule has 2 aromatic rings. The summed E-state index contributed by atoms with van der Waals surface area (Å²) in [6.07, 6.45) is -0.659. The van der Waals surface area contributed by atoms with E-state index in [0.717, 1.165) is 17.0 Å². The summed E-state index contributed by atoms with van der Waals surface area (Å²) in [5.74, 6) is 0.420. The molecule has 0 bridgehead atoms. The van der Waals surface area contributed by atoms with Crippen LogP contribution in [0.25, 0.3) is 0 Å². The van der Waals surface area contributed by atoms with Crippen LogP contribution in [-0.2, 0) is 0 Å². The van der Waals surface area contributed by atoms with Gasteiger partial charge in [0, 0.05) is 12.2 Å². The lowest BCUT2D eigenvalue weighted by molar-refractivity contribution is 0.117. The van der Waals surface area contributed by atoms with Gasteiger partial charge in [-0.25, -0.2) is 4.39 Å². The number of hydrogen-bond acceptors (Lipinski definition) is 3. The minimum Gasteiger partial charge on any atom is -0.491 e. The minimum atomic E-state index is -0.659. The SMILES string of the molecule is Cc1cc(F)c(Br)cc1NCC(O)COc1ccccc1. The Labute approximate surface area is 131 Å². The zero-order valence-corrected chi connectivity index (χ0v) is 13.2. The number of aliphatic hydroxyl groups excluding tert-OH is 1. The highest BCUT2D eigenvalue weighted by Crippen LogP contribution is 2.24. The highest BCUT2D eigenvalue weighted by atomic mass is 79.9. The van der Waals surface area contributed by atoms with Crippen molar-refractivity contribution in [3.63, 3.8) is 0 Å². The van der Waals surface area contributed by atoms with Gasteiger partial charge in [0.15, 0.2) is 0 Å². The first-order valence-electron chi connectivity index (χ1n) is 6.61. The monoisotopic (exact) mass is 353 g/mol. The lowest BCUT2D eigenvalue weighted by Crippen LogP contribution is -2.26. The molecule has 2 N–H and O–H groups in total. The summed E-state index contributed by atoms with van der Waals surface area (Å²) in [6, 6.07) is 12.4. The lowest BCUT2D eigenvalue weighted by Gasteiger charge is -2.15. The Kier molecular flexibility index (Phi) is 5.59. The standard InChI is InChI=1S/C16H17BrFNO2/c1-11-7-15(18)14(17)8-16(11)19-9-12(20)10-21-13-5-3-2-4-6-13/h2-8,12,19-20H,9-10H2,1H3. The van der Waals surface area contributed by atoms with Crippen LogP contribution in [0, 0.1) is 12.7 Å². The second kappa shape index (κ2) is 7.43. The van der Waals surface area contributed by atoms with Gasteiger partial charge in [0.2, 0.25) is 0 Å². The van der Waals surface area contributed by atoms with Crippen molar-refractivity contribution in [2.75, 3.05) is 18.5 Å². The molecular formula is C16H17BrFNO2. The molecule has 0 aliphatic carbocycles. The first-order valence-corrected chi connectivity index (χ1v) is 7.41. The molecule has 0 saturated heterocycles. The summed E-state index contributed by atoms with van der Waals surface area (Å²) < 4.78 is 19.2. The van der Waals surface area contributed by atoms with Crippen LogP contribution in [0.4, 0.5) is 10.1 Å². The van der Waals surface area contributed by atoms with Crippen LogP contribution in [0.5, 0.6) is 5.75 Å². The Morgan fingerprint density at radius 3 is 2.71 bits per heavy atom. The first kappa shape index (κ1) is 15.8. The highest BCUT2D eigenvalue weighted by molar-refractivity contribution is 9.10. The Bertz CT molecular complexity index is 592. The average molecular weight is 354 g/mol. The molecule has 0 radical (unpaired) electrons. The number of rotatable bonds is 6. The van der Waals surface area contributed by atoms with Crippen LogP contribution in [0.3, 0.4) is 0 Å². The fourth-order valence-electron chi connectivity index (χ4n) is 1.83. The fraction of sp³-hybridized carbons (Fsp3) is 0.250. The fourth-order valence-corrected chi connectivity index (χ4v) is 2.18. The van der Waals surface area contributed by atoms with Gasteiger partial charge in [0.05, 0.1) is 4.47 Å². The molecular weight excluding hydrogens is 337 g/mol. The van der Waals surface area contributed by atoms with E-state index in [2.05, 4.69) is 21.2 Å². The van der Waals surface area contributed by atoms with E-state index in [4.69, 9.17) is 4.74 Å². The average Bonchev–Trinajstić information content (AvgIpc) is 2.48. The summed E-state index contributed by atoms with van der Waals surface area (Å²) in [5, 5.41) is 13.0. The van der Waals surface area contributed by atoms with E-state index < -0.39 is 6.10 Å². The van der Waals surface area contributed by atoms with Gasteiger partial charge in [-0.3, -0.25) is 0 Å². The second-order valence-electron chi connectivity index (χ2n) is 4.74. The molecule has 21 heavy (non-hydrogen) atoms. The Morgan fingerprint density at radius 2 is 2.00 bits per heavy atom. The molecule has 5 heteroatoms. The summed E-state index contributed by atoms with van der Waals surface area (Å²) in [7, 11) is 0. The number of benzene rings is 2. The Morgan fingerprint density at radius 1 is 1.29 bits per heavy atom. The van der Waals surface area contributed by atoms with Crippen LogP contribution < -0.4 is 10.1 Å². The van der Waals surface area contributed by atoms with Gasteiger partial charge in [0.25, 0.3) is 0 Å². The molecule has 0 spiro atoms. The van der Waals surface area contributed by atoms with Crippen molar-refractivity contribution < 1.29 is 14.2 Å². The molecule has 0 amide bonds. The van der Waals surface area contributed by atoms with Crippen molar-refractivity contribution in [1.29, 1.82) is 0 Å². The number of hydrogen-bond donors (Lipinski definition) is 2. The number of para-hydroxylation sites is 1. The molecule has 3 nitrogen and oxygen atoms in total. The predicted molar refractivity (Wildman–Crippen MR) is 85.3 cm³/mol. The molecule has 0 heterocycles. The Balaban J connectivity index is 1.84. The van der Waals surface area contributed by atoms with Gasteiger partial charge in [-0.2, -0.15) is 0 Å². The topological polar surface area (TPSA) is 41.5 Å². The third kappa shape index (κ3) is 4.72. The van der Waals surface area contributed by atoms with Gasteiger partial charge in [-0.05, 0) is 52.7 Å². The van der Waals surface area contributed by atoms with Crippen molar-refractivity contribution in [3.8, 4) is 5.75 Å². The van der Waals surface area contributed by atoms with E-state index in [1.807, 2.05) is 37.3 Å². The molecule has 2 rings (SSSR count). The first-order chi connectivity index (χ1) is 10.1. The van der Waals surface area contributed by atoms with Crippen molar-refractivity contribution in [1.82, 2.24) is 0 Å². The predicted octanol–water partition coefficient (Wildman–Crippen LogP) is 3.75. The molecule has 0 aliphatic heterocycles. The number of ether oxygens (including phenoxy) is 1. The van der Waals surface area contributed by atoms with E-state index in [1.165, 1.54) is 6.07 Å². The lowest BCUT2D eigenvalue weighted by atomic mass is 10.2. The van der Waals surface area contributed by atoms with Crippen molar-refractivity contribution in [2.45, 2.75) is 13.0 Å². The van der Waals surface area contributed by atoms with E-state index in [1.54, 1.807) is 6.07 Å². The molecule has 2 aromatic carbocycles. The van der Waals surface area contributed by atoms with Gasteiger partial charge in [-0.1, -0.05) is 18.2 Å². The zero-order valence-electron chi connectivity index (χ0n) is 11.6. The maximum atomic E-state index is 13.3. The minimum absolute atomic E-state index is 0.193. The molecule has 0 aliphatic rings. The van der Waals surface area contributed by atoms with Crippen LogP contribution in [0.1, 0.15) is 5.56 Å². The molecule has 0 saturated carbocycles. The van der Waals surface area contributed by atoms with E-state index in [-0.39, 0.29) is 12.4 Å². The molecule has 1 unspecified atom stereocenters. The summed E-state index contributed by atoms with van der Waals surface area (Å²) in [6.45, 7) is 2.33. The summed E-state index contributed by atoms with van der Waals surface area (Å²) >= 11 is 3.15. The quantitative estimate of drug-likeness (QED) is 0.830. The Hall–Kier alpha value is -1.59. The molecule has 0 fully saturated rings. The number of halogens is 2.